The van der Waals surface area contributed by atoms with Crippen LogP contribution in [0.15, 0.2) is 0 Å². The molecule has 0 aromatic heterocycles. The van der Waals surface area contributed by atoms with Gasteiger partial charge in [0.2, 0.25) is 0 Å². The van der Waals surface area contributed by atoms with E-state index in [4.69, 9.17) is 33.2 Å². The molecule has 26 heavy (non-hydrogen) atoms. The molecule has 2 aliphatic heterocycles. The molecule has 0 amide bonds. The van der Waals surface area contributed by atoms with E-state index in [1.54, 1.807) is 28.4 Å². The van der Waals surface area contributed by atoms with Crippen LogP contribution in [0.2, 0.25) is 0 Å². The van der Waals surface area contributed by atoms with Crippen LogP contribution < -0.4 is 0 Å². The van der Waals surface area contributed by atoms with E-state index in [0.29, 0.717) is 13.0 Å². The Kier molecular flexibility index (Phi) is 8.69. The van der Waals surface area contributed by atoms with Crippen LogP contribution in [0.25, 0.3) is 0 Å². The monoisotopic (exact) mass is 378 g/mol. The van der Waals surface area contributed by atoms with Crippen LogP contribution in [0, 0.1) is 11.8 Å². The zero-order valence-corrected chi connectivity index (χ0v) is 16.6. The molecule has 8 heteroatoms. The molecule has 2 fully saturated rings. The fourth-order valence-corrected chi connectivity index (χ4v) is 3.81. The smallest absolute Gasteiger partial charge is 0.161 e. The molecular weight excluding hydrogens is 344 g/mol. The first kappa shape index (κ1) is 22.0. The summed E-state index contributed by atoms with van der Waals surface area (Å²) in [4.78, 5) is 0. The summed E-state index contributed by atoms with van der Waals surface area (Å²) < 4.78 is 39.8. The van der Waals surface area contributed by atoms with Gasteiger partial charge < -0.3 is 38.3 Å². The Morgan fingerprint density at radius 1 is 0.846 bits per heavy atom. The van der Waals surface area contributed by atoms with Crippen molar-refractivity contribution in [1.82, 2.24) is 0 Å². The molecule has 154 valence electrons. The summed E-state index contributed by atoms with van der Waals surface area (Å²) in [7, 11) is 6.53. The van der Waals surface area contributed by atoms with Crippen LogP contribution in [0.4, 0.5) is 0 Å². The zero-order valence-electron chi connectivity index (χ0n) is 16.6. The second-order valence-electron chi connectivity index (χ2n) is 7.11. The number of aliphatic hydroxyl groups excluding tert-OH is 1. The van der Waals surface area contributed by atoms with Crippen molar-refractivity contribution in [2.24, 2.45) is 11.8 Å². The van der Waals surface area contributed by atoms with Crippen molar-refractivity contribution < 1.29 is 38.3 Å². The molecular formula is C18H34O8. The quantitative estimate of drug-likeness (QED) is 0.664. The molecule has 2 unspecified atom stereocenters. The lowest BCUT2D eigenvalue weighted by atomic mass is 9.91. The number of ether oxygens (including phenoxy) is 7. The largest absolute Gasteiger partial charge is 0.382 e. The van der Waals surface area contributed by atoms with Crippen molar-refractivity contribution in [3.05, 3.63) is 0 Å². The normalized spacial score (nSPS) is 44.2. The maximum absolute atomic E-state index is 10.1. The molecule has 0 spiro atoms. The maximum atomic E-state index is 10.1. The summed E-state index contributed by atoms with van der Waals surface area (Å²) >= 11 is 0. The van der Waals surface area contributed by atoms with Gasteiger partial charge in [-0.15, -0.1) is 0 Å². The minimum atomic E-state index is -0.930. The first-order valence-corrected chi connectivity index (χ1v) is 9.14. The Morgan fingerprint density at radius 3 is 2.08 bits per heavy atom. The highest BCUT2D eigenvalue weighted by Crippen LogP contribution is 2.34. The first-order chi connectivity index (χ1) is 12.5. The maximum Gasteiger partial charge on any atom is 0.161 e. The van der Waals surface area contributed by atoms with Crippen molar-refractivity contribution in [1.29, 1.82) is 0 Å². The van der Waals surface area contributed by atoms with E-state index in [1.807, 2.05) is 6.92 Å². The molecule has 2 rings (SSSR count). The van der Waals surface area contributed by atoms with Gasteiger partial charge in [-0.1, -0.05) is 13.8 Å². The van der Waals surface area contributed by atoms with E-state index in [9.17, 15) is 5.11 Å². The van der Waals surface area contributed by atoms with Crippen LogP contribution in [-0.4, -0.2) is 89.9 Å². The third kappa shape index (κ3) is 4.94. The van der Waals surface area contributed by atoms with E-state index in [2.05, 4.69) is 6.92 Å². The Balaban J connectivity index is 2.13. The van der Waals surface area contributed by atoms with Gasteiger partial charge >= 0.3 is 0 Å². The van der Waals surface area contributed by atoms with Crippen molar-refractivity contribution >= 4 is 0 Å². The highest BCUT2D eigenvalue weighted by atomic mass is 16.7. The molecule has 8 nitrogen and oxygen atoms in total. The number of rotatable bonds is 8. The van der Waals surface area contributed by atoms with Gasteiger partial charge in [0.15, 0.2) is 12.6 Å². The van der Waals surface area contributed by atoms with Gasteiger partial charge in [-0.2, -0.15) is 0 Å². The van der Waals surface area contributed by atoms with E-state index in [-0.39, 0.29) is 36.8 Å². The van der Waals surface area contributed by atoms with E-state index >= 15 is 0 Å². The van der Waals surface area contributed by atoms with Gasteiger partial charge in [-0.05, 0) is 0 Å². The average molecular weight is 378 g/mol. The lowest BCUT2D eigenvalue weighted by Gasteiger charge is -2.46. The first-order valence-electron chi connectivity index (χ1n) is 9.14. The second kappa shape index (κ2) is 10.3. The predicted molar refractivity (Wildman–Crippen MR) is 92.7 cm³/mol. The predicted octanol–water partition coefficient (Wildman–Crippen LogP) is 0.799. The van der Waals surface area contributed by atoms with Crippen molar-refractivity contribution in [3.63, 3.8) is 0 Å². The standard InChI is InChI=1S/C18H34O8/c1-10-12(22-5)7-15(24-13(10)8-20-3)26-17-14(9-21-4)25-18(19)11(2)16(17)23-6/h10-19H,7-9H2,1-6H3/t10-,11+,12+,13+,14+,15?,16+,17+,18?/m0/s1. The summed E-state index contributed by atoms with van der Waals surface area (Å²) in [5, 5.41) is 10.1. The summed E-state index contributed by atoms with van der Waals surface area (Å²) in [5.41, 5.74) is 0. The minimum Gasteiger partial charge on any atom is -0.382 e. The van der Waals surface area contributed by atoms with Crippen molar-refractivity contribution in [3.8, 4) is 0 Å². The van der Waals surface area contributed by atoms with Gasteiger partial charge in [-0.3, -0.25) is 0 Å². The van der Waals surface area contributed by atoms with E-state index in [0.717, 1.165) is 0 Å². The van der Waals surface area contributed by atoms with E-state index in [1.165, 1.54) is 0 Å². The summed E-state index contributed by atoms with van der Waals surface area (Å²) in [5.74, 6) is -0.0511. The molecule has 0 aliphatic carbocycles. The molecule has 9 atom stereocenters. The van der Waals surface area contributed by atoms with Crippen LogP contribution in [0.3, 0.4) is 0 Å². The highest BCUT2D eigenvalue weighted by Gasteiger charge is 2.47. The number of hydrogen-bond donors (Lipinski definition) is 1. The number of hydrogen-bond acceptors (Lipinski definition) is 8. The minimum absolute atomic E-state index is 0.00305. The summed E-state index contributed by atoms with van der Waals surface area (Å²) in [6.45, 7) is 4.70. The second-order valence-corrected chi connectivity index (χ2v) is 7.11. The molecule has 2 aliphatic rings. The number of aliphatic hydroxyl groups is 1. The zero-order chi connectivity index (χ0) is 19.3. The summed E-state index contributed by atoms with van der Waals surface area (Å²) in [6, 6.07) is 0. The van der Waals surface area contributed by atoms with Gasteiger partial charge in [0.1, 0.15) is 12.2 Å². The Bertz CT molecular complexity index is 409. The Labute approximate surface area is 156 Å². The van der Waals surface area contributed by atoms with Crippen molar-refractivity contribution in [2.75, 3.05) is 41.7 Å². The van der Waals surface area contributed by atoms with Gasteiger partial charge in [0.05, 0.1) is 31.5 Å². The lowest BCUT2D eigenvalue weighted by molar-refractivity contribution is -0.327. The Morgan fingerprint density at radius 2 is 1.50 bits per heavy atom. The number of methoxy groups -OCH3 is 4. The van der Waals surface area contributed by atoms with Crippen LogP contribution in [-0.2, 0) is 33.2 Å². The van der Waals surface area contributed by atoms with Crippen LogP contribution in [0.1, 0.15) is 20.3 Å². The topological polar surface area (TPSA) is 84.8 Å². The van der Waals surface area contributed by atoms with Crippen LogP contribution in [0.5, 0.6) is 0 Å². The van der Waals surface area contributed by atoms with Gasteiger partial charge in [-0.25, -0.2) is 0 Å². The summed E-state index contributed by atoms with van der Waals surface area (Å²) in [6.07, 6.45) is -2.17. The van der Waals surface area contributed by atoms with Gasteiger partial charge in [0, 0.05) is 46.7 Å². The molecule has 0 saturated carbocycles. The molecule has 2 heterocycles. The van der Waals surface area contributed by atoms with Crippen LogP contribution >= 0.6 is 0 Å². The molecule has 2 saturated heterocycles. The average Bonchev–Trinajstić information content (AvgIpc) is 2.62. The van der Waals surface area contributed by atoms with Crippen molar-refractivity contribution in [2.45, 2.75) is 63.4 Å². The third-order valence-corrected chi connectivity index (χ3v) is 5.44. The molecule has 0 radical (unpaired) electrons. The highest BCUT2D eigenvalue weighted by molar-refractivity contribution is 4.90. The van der Waals surface area contributed by atoms with E-state index < -0.39 is 24.8 Å². The lowest BCUT2D eigenvalue weighted by Crippen LogP contribution is -2.59. The molecule has 0 aromatic carbocycles. The fourth-order valence-electron chi connectivity index (χ4n) is 3.81. The molecule has 1 N–H and O–H groups in total. The fraction of sp³-hybridized carbons (Fsp3) is 1.00. The molecule has 0 bridgehead atoms. The Hall–Kier alpha value is -0.320. The van der Waals surface area contributed by atoms with Gasteiger partial charge in [0.25, 0.3) is 0 Å². The SMILES string of the molecule is COC[C@H]1OC(O[C@H]2[C@H](OC)[C@@H](C)C(O)O[C@@H]2COC)C[C@@H](OC)[C@@H]1C. The third-order valence-electron chi connectivity index (χ3n) is 5.44. The molecule has 0 aromatic rings.